The maximum Gasteiger partial charge on any atom is 0.293 e. The molecular formula is C27H16N2O7S. The summed E-state index contributed by atoms with van der Waals surface area (Å²) < 4.78 is 5.88. The monoisotopic (exact) mass is 512 g/mol. The van der Waals surface area contributed by atoms with E-state index in [9.17, 15) is 29.3 Å². The zero-order valence-corrected chi connectivity index (χ0v) is 19.8. The molecule has 0 bridgehead atoms. The van der Waals surface area contributed by atoms with Crippen LogP contribution in [-0.4, -0.2) is 33.3 Å². The van der Waals surface area contributed by atoms with Crippen molar-refractivity contribution in [1.82, 2.24) is 4.90 Å². The van der Waals surface area contributed by atoms with Gasteiger partial charge in [0.1, 0.15) is 11.3 Å². The van der Waals surface area contributed by atoms with Crippen molar-refractivity contribution in [3.05, 3.63) is 115 Å². The Morgan fingerprint density at radius 1 is 0.973 bits per heavy atom. The van der Waals surface area contributed by atoms with Crippen LogP contribution < -0.4 is 5.43 Å². The molecular weight excluding hydrogens is 496 g/mol. The second kappa shape index (κ2) is 9.67. The normalized spacial score (nSPS) is 14.5. The van der Waals surface area contributed by atoms with E-state index in [1.807, 2.05) is 0 Å². The van der Waals surface area contributed by atoms with E-state index >= 15 is 0 Å². The predicted octanol–water partition coefficient (Wildman–Crippen LogP) is 5.29. The molecule has 1 aliphatic rings. The molecule has 1 saturated heterocycles. The van der Waals surface area contributed by atoms with E-state index in [0.717, 1.165) is 11.0 Å². The van der Waals surface area contributed by atoms with Crippen molar-refractivity contribution < 1.29 is 23.7 Å². The number of amides is 2. The fourth-order valence-corrected chi connectivity index (χ4v) is 4.68. The molecule has 3 aromatic carbocycles. The second-order valence-electron chi connectivity index (χ2n) is 8.09. The number of nitro benzene ring substituents is 1. The third kappa shape index (κ3) is 4.82. The first-order chi connectivity index (χ1) is 17.8. The van der Waals surface area contributed by atoms with Crippen molar-refractivity contribution in [1.29, 1.82) is 0 Å². The van der Waals surface area contributed by atoms with Crippen LogP contribution in [0.4, 0.5) is 10.5 Å². The van der Waals surface area contributed by atoms with Crippen LogP contribution >= 0.6 is 11.8 Å². The zero-order chi connectivity index (χ0) is 26.1. The number of rotatable bonds is 6. The number of Topliss-reactive ketones (excluding diaryl/α,β-unsaturated/α-hetero) is 1. The van der Waals surface area contributed by atoms with Gasteiger partial charge in [0.25, 0.3) is 16.8 Å². The highest BCUT2D eigenvalue weighted by Gasteiger charge is 2.36. The third-order valence-corrected chi connectivity index (χ3v) is 6.57. The number of carbonyl (C=O) groups excluding carboxylic acids is 3. The van der Waals surface area contributed by atoms with Crippen molar-refractivity contribution in [3.8, 4) is 11.3 Å². The van der Waals surface area contributed by atoms with Gasteiger partial charge in [0.15, 0.2) is 11.2 Å². The smallest absolute Gasteiger partial charge is 0.293 e. The van der Waals surface area contributed by atoms with E-state index in [4.69, 9.17) is 4.42 Å². The minimum absolute atomic E-state index is 0.0295. The van der Waals surface area contributed by atoms with E-state index in [1.54, 1.807) is 48.5 Å². The lowest BCUT2D eigenvalue weighted by molar-refractivity contribution is -0.384. The molecule has 0 spiro atoms. The first-order valence-corrected chi connectivity index (χ1v) is 11.8. The highest BCUT2D eigenvalue weighted by atomic mass is 32.2. The summed E-state index contributed by atoms with van der Waals surface area (Å²) in [6.07, 6.45) is 1.52. The van der Waals surface area contributed by atoms with Gasteiger partial charge in [-0.25, -0.2) is 0 Å². The molecule has 4 aromatic rings. The number of carbonyl (C=O) groups is 3. The van der Waals surface area contributed by atoms with E-state index in [2.05, 4.69) is 0 Å². The number of imide groups is 1. The van der Waals surface area contributed by atoms with Crippen LogP contribution in [0.5, 0.6) is 0 Å². The van der Waals surface area contributed by atoms with Gasteiger partial charge in [-0.3, -0.25) is 34.2 Å². The summed E-state index contributed by atoms with van der Waals surface area (Å²) in [4.78, 5) is 61.8. The summed E-state index contributed by atoms with van der Waals surface area (Å²) in [6, 6.07) is 20.3. The Bertz CT molecular complexity index is 1710. The lowest BCUT2D eigenvalue weighted by atomic mass is 10.1. The van der Waals surface area contributed by atoms with Crippen molar-refractivity contribution in [2.75, 3.05) is 6.54 Å². The van der Waals surface area contributed by atoms with Gasteiger partial charge in [0, 0.05) is 29.3 Å². The number of hydrogen-bond donors (Lipinski definition) is 0. The fourth-order valence-electron chi connectivity index (χ4n) is 3.84. The summed E-state index contributed by atoms with van der Waals surface area (Å²) in [5, 5.41) is 10.8. The molecule has 0 radical (unpaired) electrons. The predicted molar refractivity (Wildman–Crippen MR) is 138 cm³/mol. The SMILES string of the molecule is O=C(CN1C(=O)S/C(=C\c2cccc(-c3cc(=O)c4ccccc4o3)c2)C1=O)c1cccc([N+](=O)[O-])c1. The molecule has 2 heterocycles. The molecule has 0 unspecified atom stereocenters. The van der Waals surface area contributed by atoms with Crippen molar-refractivity contribution in [3.63, 3.8) is 0 Å². The van der Waals surface area contributed by atoms with Gasteiger partial charge in [0.2, 0.25) is 0 Å². The van der Waals surface area contributed by atoms with Crippen LogP contribution in [0.2, 0.25) is 0 Å². The number of thioether (sulfide) groups is 1. The van der Waals surface area contributed by atoms with Crippen molar-refractivity contribution >= 4 is 51.4 Å². The number of fused-ring (bicyclic) bond motifs is 1. The van der Waals surface area contributed by atoms with Crippen LogP contribution in [0.1, 0.15) is 15.9 Å². The maximum atomic E-state index is 12.9. The molecule has 1 aromatic heterocycles. The van der Waals surface area contributed by atoms with Crippen molar-refractivity contribution in [2.45, 2.75) is 0 Å². The summed E-state index contributed by atoms with van der Waals surface area (Å²) in [7, 11) is 0. The molecule has 2 amide bonds. The molecule has 0 saturated carbocycles. The Hall–Kier alpha value is -4.83. The number of benzene rings is 3. The van der Waals surface area contributed by atoms with Crippen molar-refractivity contribution in [2.24, 2.45) is 0 Å². The molecule has 0 aliphatic carbocycles. The van der Waals surface area contributed by atoms with Crippen LogP contribution in [0.25, 0.3) is 28.4 Å². The average Bonchev–Trinajstić information content (AvgIpc) is 3.16. The molecule has 0 atom stereocenters. The quantitative estimate of drug-likeness (QED) is 0.148. The fraction of sp³-hybridized carbons (Fsp3) is 0.0370. The maximum absolute atomic E-state index is 12.9. The summed E-state index contributed by atoms with van der Waals surface area (Å²) in [5.41, 5.74) is 1.23. The highest BCUT2D eigenvalue weighted by Crippen LogP contribution is 2.33. The summed E-state index contributed by atoms with van der Waals surface area (Å²) in [6.45, 7) is -0.536. The molecule has 1 aliphatic heterocycles. The summed E-state index contributed by atoms with van der Waals surface area (Å²) in [5.74, 6) is -0.883. The molecule has 37 heavy (non-hydrogen) atoms. The van der Waals surface area contributed by atoms with Gasteiger partial charge in [-0.2, -0.15) is 0 Å². The van der Waals surface area contributed by atoms with Gasteiger partial charge >= 0.3 is 0 Å². The zero-order valence-electron chi connectivity index (χ0n) is 19.0. The molecule has 0 N–H and O–H groups in total. The Morgan fingerprint density at radius 3 is 2.57 bits per heavy atom. The van der Waals surface area contributed by atoms with Crippen LogP contribution in [0, 0.1) is 10.1 Å². The average molecular weight is 512 g/mol. The Kier molecular flexibility index (Phi) is 6.24. The minimum Gasteiger partial charge on any atom is -0.456 e. The first kappa shape index (κ1) is 23.9. The van der Waals surface area contributed by atoms with Crippen LogP contribution in [0.15, 0.2) is 93.0 Å². The largest absolute Gasteiger partial charge is 0.456 e. The van der Waals surface area contributed by atoms with Crippen LogP contribution in [-0.2, 0) is 4.79 Å². The van der Waals surface area contributed by atoms with Gasteiger partial charge in [-0.05, 0) is 41.6 Å². The molecule has 1 fully saturated rings. The summed E-state index contributed by atoms with van der Waals surface area (Å²) >= 11 is 0.692. The number of hydrogen-bond acceptors (Lipinski definition) is 8. The Balaban J connectivity index is 1.38. The van der Waals surface area contributed by atoms with E-state index in [0.29, 0.717) is 39.6 Å². The number of ketones is 1. The van der Waals surface area contributed by atoms with E-state index < -0.39 is 28.4 Å². The first-order valence-electron chi connectivity index (χ1n) is 11.0. The number of para-hydroxylation sites is 1. The van der Waals surface area contributed by atoms with E-state index in [1.165, 1.54) is 30.3 Å². The van der Waals surface area contributed by atoms with Gasteiger partial charge < -0.3 is 4.42 Å². The lowest BCUT2D eigenvalue weighted by Gasteiger charge is -2.11. The highest BCUT2D eigenvalue weighted by molar-refractivity contribution is 8.18. The minimum atomic E-state index is -0.642. The van der Waals surface area contributed by atoms with Gasteiger partial charge in [-0.15, -0.1) is 0 Å². The molecule has 9 nitrogen and oxygen atoms in total. The number of nitro groups is 1. The topological polar surface area (TPSA) is 128 Å². The Labute approximate surface area is 213 Å². The second-order valence-corrected chi connectivity index (χ2v) is 9.09. The number of nitrogens with zero attached hydrogens (tertiary/aromatic N) is 2. The van der Waals surface area contributed by atoms with E-state index in [-0.39, 0.29) is 21.6 Å². The molecule has 10 heteroatoms. The molecule has 5 rings (SSSR count). The lowest BCUT2D eigenvalue weighted by Crippen LogP contribution is -2.33. The number of non-ortho nitro benzene ring substituents is 1. The standard InChI is InChI=1S/C27H16N2O7S/c30-21-14-24(36-23-10-2-1-9-20(21)23)18-7-3-5-16(11-18)12-25-26(32)28(27(33)37-25)15-22(31)17-6-4-8-19(13-17)29(34)35/h1-14H,15H2/b25-12-. The molecule has 182 valence electrons. The third-order valence-electron chi connectivity index (χ3n) is 5.66. The van der Waals surface area contributed by atoms with Crippen LogP contribution in [0.3, 0.4) is 0 Å². The Morgan fingerprint density at radius 2 is 1.76 bits per heavy atom. The van der Waals surface area contributed by atoms with Gasteiger partial charge in [-0.1, -0.05) is 42.5 Å². The van der Waals surface area contributed by atoms with Gasteiger partial charge in [0.05, 0.1) is 21.8 Å².